The zero-order valence-corrected chi connectivity index (χ0v) is 17.0. The van der Waals surface area contributed by atoms with Gasteiger partial charge in [0.15, 0.2) is 17.5 Å². The Hall–Kier alpha value is -1.95. The van der Waals surface area contributed by atoms with Crippen LogP contribution in [0, 0.1) is 0 Å². The molecule has 2 heterocycles. The highest BCUT2D eigenvalue weighted by atomic mass is 16.5. The topological polar surface area (TPSA) is 49.3 Å². The molecule has 3 rings (SSSR count). The lowest BCUT2D eigenvalue weighted by Crippen LogP contribution is -2.43. The van der Waals surface area contributed by atoms with Crippen molar-refractivity contribution in [3.05, 3.63) is 24.3 Å². The summed E-state index contributed by atoms with van der Waals surface area (Å²) in [6.07, 6.45) is 3.91. The summed E-state index contributed by atoms with van der Waals surface area (Å²) in [6, 6.07) is 8.44. The quantitative estimate of drug-likeness (QED) is 0.587. The van der Waals surface area contributed by atoms with Gasteiger partial charge in [0, 0.05) is 25.7 Å². The number of likely N-dealkylation sites (tertiary alicyclic amines) is 2. The molecule has 2 saturated heterocycles. The van der Waals surface area contributed by atoms with Gasteiger partial charge in [-0.1, -0.05) is 12.1 Å². The number of benzene rings is 1. The van der Waals surface area contributed by atoms with Crippen LogP contribution in [-0.2, 0) is 0 Å². The third kappa shape index (κ3) is 5.28. The number of rotatable bonds is 7. The molecule has 6 heteroatoms. The molecule has 1 aromatic rings. The first kappa shape index (κ1) is 19.8. The van der Waals surface area contributed by atoms with Gasteiger partial charge in [0.2, 0.25) is 0 Å². The predicted octanol–water partition coefficient (Wildman–Crippen LogP) is 2.60. The van der Waals surface area contributed by atoms with E-state index < -0.39 is 0 Å². The molecule has 2 fully saturated rings. The summed E-state index contributed by atoms with van der Waals surface area (Å²) < 4.78 is 11.4. The van der Waals surface area contributed by atoms with Crippen LogP contribution in [0.25, 0.3) is 0 Å². The van der Waals surface area contributed by atoms with Crippen LogP contribution in [0.5, 0.6) is 11.5 Å². The van der Waals surface area contributed by atoms with E-state index >= 15 is 0 Å². The Bertz CT molecular complexity index is 616. The third-order valence-electron chi connectivity index (χ3n) is 5.35. The van der Waals surface area contributed by atoms with E-state index in [2.05, 4.69) is 29.0 Å². The van der Waals surface area contributed by atoms with Crippen molar-refractivity contribution >= 4 is 5.96 Å². The van der Waals surface area contributed by atoms with Gasteiger partial charge in [-0.2, -0.15) is 0 Å². The average molecular weight is 375 g/mol. The van der Waals surface area contributed by atoms with E-state index in [0.717, 1.165) is 37.1 Å². The zero-order chi connectivity index (χ0) is 19.1. The molecule has 150 valence electrons. The van der Waals surface area contributed by atoms with Crippen LogP contribution < -0.4 is 14.8 Å². The maximum Gasteiger partial charge on any atom is 0.194 e. The summed E-state index contributed by atoms with van der Waals surface area (Å²) in [5.74, 6) is 2.53. The van der Waals surface area contributed by atoms with Gasteiger partial charge in [-0.15, -0.1) is 0 Å². The third-order valence-corrected chi connectivity index (χ3v) is 5.35. The summed E-state index contributed by atoms with van der Waals surface area (Å²) in [5.41, 5.74) is 0. The maximum absolute atomic E-state index is 6.04. The molecule has 1 aromatic carbocycles. The largest absolute Gasteiger partial charge is 0.493 e. The number of para-hydroxylation sites is 2. The molecule has 0 saturated carbocycles. The van der Waals surface area contributed by atoms with E-state index in [1.54, 1.807) is 7.11 Å². The molecule has 6 nitrogen and oxygen atoms in total. The second kappa shape index (κ2) is 9.83. The van der Waals surface area contributed by atoms with Gasteiger partial charge in [0.1, 0.15) is 6.10 Å². The van der Waals surface area contributed by atoms with Gasteiger partial charge in [-0.05, 0) is 58.3 Å². The number of ether oxygens (including phenoxy) is 2. The minimum Gasteiger partial charge on any atom is -0.493 e. The highest BCUT2D eigenvalue weighted by Crippen LogP contribution is 2.27. The molecule has 0 spiro atoms. The standard InChI is InChI=1S/C21H34N4O2/c1-4-22-21(25-14-11-18(16-25)24-12-7-8-13-24)23-15-17(2)27-20-10-6-5-9-19(20)26-3/h5-6,9-10,17-18H,4,7-8,11-16H2,1-3H3,(H,22,23). The van der Waals surface area contributed by atoms with Crippen molar-refractivity contribution in [3.63, 3.8) is 0 Å². The van der Waals surface area contributed by atoms with Gasteiger partial charge in [0.05, 0.1) is 13.7 Å². The number of hydrogen-bond donors (Lipinski definition) is 1. The minimum atomic E-state index is -0.0214. The van der Waals surface area contributed by atoms with Gasteiger partial charge in [0.25, 0.3) is 0 Å². The first-order valence-corrected chi connectivity index (χ1v) is 10.3. The van der Waals surface area contributed by atoms with Crippen LogP contribution in [0.15, 0.2) is 29.3 Å². The monoisotopic (exact) mass is 374 g/mol. The number of nitrogens with zero attached hydrogens (tertiary/aromatic N) is 3. The Morgan fingerprint density at radius 3 is 2.67 bits per heavy atom. The van der Waals surface area contributed by atoms with Gasteiger partial charge in [-0.3, -0.25) is 4.90 Å². The molecule has 0 amide bonds. The second-order valence-corrected chi connectivity index (χ2v) is 7.41. The Morgan fingerprint density at radius 1 is 1.22 bits per heavy atom. The highest BCUT2D eigenvalue weighted by Gasteiger charge is 2.30. The summed E-state index contributed by atoms with van der Waals surface area (Å²) in [4.78, 5) is 9.91. The number of aliphatic imine (C=N–C) groups is 1. The molecule has 27 heavy (non-hydrogen) atoms. The summed E-state index contributed by atoms with van der Waals surface area (Å²) in [5, 5.41) is 3.45. The van der Waals surface area contributed by atoms with Crippen molar-refractivity contribution in [2.75, 3.05) is 46.4 Å². The highest BCUT2D eigenvalue weighted by molar-refractivity contribution is 5.80. The zero-order valence-electron chi connectivity index (χ0n) is 17.0. The van der Waals surface area contributed by atoms with Crippen LogP contribution in [-0.4, -0.2) is 74.3 Å². The van der Waals surface area contributed by atoms with E-state index in [1.165, 1.54) is 32.4 Å². The van der Waals surface area contributed by atoms with Crippen LogP contribution in [0.1, 0.15) is 33.1 Å². The molecular formula is C21H34N4O2. The van der Waals surface area contributed by atoms with Crippen LogP contribution >= 0.6 is 0 Å². The maximum atomic E-state index is 6.04. The number of hydrogen-bond acceptors (Lipinski definition) is 4. The van der Waals surface area contributed by atoms with Crippen molar-refractivity contribution in [1.29, 1.82) is 0 Å². The van der Waals surface area contributed by atoms with Crippen molar-refractivity contribution in [2.45, 2.75) is 45.3 Å². The normalized spacial score (nSPS) is 22.1. The van der Waals surface area contributed by atoms with Crippen LogP contribution in [0.4, 0.5) is 0 Å². The fourth-order valence-electron chi connectivity index (χ4n) is 3.95. The Labute approximate surface area is 163 Å². The molecule has 2 unspecified atom stereocenters. The van der Waals surface area contributed by atoms with Crippen LogP contribution in [0.3, 0.4) is 0 Å². The molecular weight excluding hydrogens is 340 g/mol. The van der Waals surface area contributed by atoms with E-state index in [0.29, 0.717) is 12.6 Å². The Kier molecular flexibility index (Phi) is 7.21. The van der Waals surface area contributed by atoms with Crippen molar-refractivity contribution < 1.29 is 9.47 Å². The van der Waals surface area contributed by atoms with E-state index in [9.17, 15) is 0 Å². The van der Waals surface area contributed by atoms with Gasteiger partial charge in [-0.25, -0.2) is 4.99 Å². The second-order valence-electron chi connectivity index (χ2n) is 7.41. The smallest absolute Gasteiger partial charge is 0.194 e. The molecule has 0 aromatic heterocycles. The summed E-state index contributed by atoms with van der Waals surface area (Å²) in [7, 11) is 1.67. The van der Waals surface area contributed by atoms with Crippen molar-refractivity contribution in [2.24, 2.45) is 4.99 Å². The molecule has 2 atom stereocenters. The molecule has 0 radical (unpaired) electrons. The average Bonchev–Trinajstić information content (AvgIpc) is 3.37. The number of nitrogens with one attached hydrogen (secondary N) is 1. The van der Waals surface area contributed by atoms with E-state index in [1.807, 2.05) is 24.3 Å². The first-order chi connectivity index (χ1) is 13.2. The van der Waals surface area contributed by atoms with Crippen molar-refractivity contribution in [1.82, 2.24) is 15.1 Å². The fourth-order valence-corrected chi connectivity index (χ4v) is 3.95. The first-order valence-electron chi connectivity index (χ1n) is 10.3. The fraction of sp³-hybridized carbons (Fsp3) is 0.667. The molecule has 2 aliphatic rings. The van der Waals surface area contributed by atoms with Crippen molar-refractivity contribution in [3.8, 4) is 11.5 Å². The SMILES string of the molecule is CCNC(=NCC(C)Oc1ccccc1OC)N1CCC(N2CCCC2)C1. The number of methoxy groups -OCH3 is 1. The summed E-state index contributed by atoms with van der Waals surface area (Å²) in [6.45, 7) is 10.3. The Balaban J connectivity index is 1.56. The van der Waals surface area contributed by atoms with Gasteiger partial charge < -0.3 is 19.7 Å². The van der Waals surface area contributed by atoms with E-state index in [-0.39, 0.29) is 6.10 Å². The lowest BCUT2D eigenvalue weighted by molar-refractivity contribution is 0.218. The lowest BCUT2D eigenvalue weighted by Gasteiger charge is -2.25. The Morgan fingerprint density at radius 2 is 1.96 bits per heavy atom. The van der Waals surface area contributed by atoms with E-state index in [4.69, 9.17) is 14.5 Å². The predicted molar refractivity (Wildman–Crippen MR) is 110 cm³/mol. The summed E-state index contributed by atoms with van der Waals surface area (Å²) >= 11 is 0. The molecule has 2 aliphatic heterocycles. The van der Waals surface area contributed by atoms with Crippen LogP contribution in [0.2, 0.25) is 0 Å². The lowest BCUT2D eigenvalue weighted by atomic mass is 10.2. The van der Waals surface area contributed by atoms with Gasteiger partial charge >= 0.3 is 0 Å². The molecule has 1 N–H and O–H groups in total. The molecule has 0 bridgehead atoms. The number of guanidine groups is 1. The minimum absolute atomic E-state index is 0.0214. The molecule has 0 aliphatic carbocycles.